The van der Waals surface area contributed by atoms with Gasteiger partial charge < -0.3 is 15.0 Å². The van der Waals surface area contributed by atoms with Crippen LogP contribution in [0, 0.1) is 6.92 Å². The number of sulfonamides is 1. The van der Waals surface area contributed by atoms with Crippen molar-refractivity contribution in [3.8, 4) is 0 Å². The molecule has 1 saturated heterocycles. The molecule has 2 aromatic rings. The van der Waals surface area contributed by atoms with E-state index < -0.39 is 16.1 Å². The molecule has 3 heterocycles. The maximum atomic E-state index is 13.1. The number of methoxy groups -OCH3 is 1. The topological polar surface area (TPSA) is 124 Å². The molecule has 0 spiro atoms. The first-order valence-corrected chi connectivity index (χ1v) is 8.90. The Morgan fingerprint density at radius 1 is 1.50 bits per heavy atom. The fourth-order valence-electron chi connectivity index (χ4n) is 2.64. The van der Waals surface area contributed by atoms with Crippen molar-refractivity contribution in [1.82, 2.24) is 19.4 Å². The van der Waals surface area contributed by atoms with Crippen LogP contribution in [0.2, 0.25) is 5.02 Å². The lowest BCUT2D eigenvalue weighted by Crippen LogP contribution is -2.33. The van der Waals surface area contributed by atoms with E-state index in [4.69, 9.17) is 26.6 Å². The van der Waals surface area contributed by atoms with Gasteiger partial charge in [-0.25, -0.2) is 13.4 Å². The summed E-state index contributed by atoms with van der Waals surface area (Å²) in [4.78, 5) is 7.80. The molecular formula is C13H16ClN5O4S. The van der Waals surface area contributed by atoms with E-state index in [1.807, 2.05) is 0 Å². The third-order valence-electron chi connectivity index (χ3n) is 3.81. The molecule has 0 aliphatic carbocycles. The molecule has 0 aromatic carbocycles. The Morgan fingerprint density at radius 2 is 2.25 bits per heavy atom. The molecule has 11 heteroatoms. The van der Waals surface area contributed by atoms with Crippen LogP contribution in [0.25, 0.3) is 0 Å². The first-order valence-electron chi connectivity index (χ1n) is 7.08. The van der Waals surface area contributed by atoms with E-state index in [1.165, 1.54) is 23.7 Å². The van der Waals surface area contributed by atoms with Crippen molar-refractivity contribution in [1.29, 1.82) is 0 Å². The van der Waals surface area contributed by atoms with E-state index in [0.29, 0.717) is 12.2 Å². The van der Waals surface area contributed by atoms with E-state index in [9.17, 15) is 8.42 Å². The molecule has 2 atom stereocenters. The van der Waals surface area contributed by atoms with Gasteiger partial charge in [-0.3, -0.25) is 0 Å². The van der Waals surface area contributed by atoms with Crippen LogP contribution in [0.4, 0.5) is 5.82 Å². The summed E-state index contributed by atoms with van der Waals surface area (Å²) in [5.41, 5.74) is 5.74. The van der Waals surface area contributed by atoms with Gasteiger partial charge in [0, 0.05) is 26.3 Å². The van der Waals surface area contributed by atoms with Crippen molar-refractivity contribution < 1.29 is 17.7 Å². The Hall–Kier alpha value is -1.75. The molecule has 2 N–H and O–H groups in total. The highest BCUT2D eigenvalue weighted by Crippen LogP contribution is 2.38. The lowest BCUT2D eigenvalue weighted by atomic mass is 10.2. The number of halogens is 1. The van der Waals surface area contributed by atoms with Gasteiger partial charge in [0.1, 0.15) is 16.8 Å². The van der Waals surface area contributed by atoms with Gasteiger partial charge in [0.05, 0.1) is 11.1 Å². The Morgan fingerprint density at radius 3 is 2.88 bits per heavy atom. The minimum Gasteiger partial charge on any atom is -0.383 e. The number of ether oxygens (including phenoxy) is 1. The predicted molar refractivity (Wildman–Crippen MR) is 84.7 cm³/mol. The van der Waals surface area contributed by atoms with E-state index in [0.717, 1.165) is 0 Å². The van der Waals surface area contributed by atoms with Gasteiger partial charge in [0.25, 0.3) is 0 Å². The minimum absolute atomic E-state index is 0.124. The van der Waals surface area contributed by atoms with Crippen molar-refractivity contribution in [2.45, 2.75) is 30.4 Å². The minimum atomic E-state index is -3.97. The zero-order chi connectivity index (χ0) is 17.5. The number of rotatable bonds is 4. The normalized spacial score (nSPS) is 22.1. The van der Waals surface area contributed by atoms with Crippen molar-refractivity contribution in [3.63, 3.8) is 0 Å². The van der Waals surface area contributed by atoms with Crippen LogP contribution >= 0.6 is 11.6 Å². The maximum absolute atomic E-state index is 13.1. The van der Waals surface area contributed by atoms with Crippen LogP contribution in [0.15, 0.2) is 21.7 Å². The molecule has 2 aromatic heterocycles. The van der Waals surface area contributed by atoms with Gasteiger partial charge in [-0.15, -0.1) is 0 Å². The third-order valence-corrected chi connectivity index (χ3v) is 5.92. The molecule has 24 heavy (non-hydrogen) atoms. The number of hydrogen-bond donors (Lipinski definition) is 1. The standard InChI is InChI=1S/C13H16ClN5O4S/c1-7-17-13(23-18-7)10-4-9(22-2)6-19(10)24(20,21)11-3-8(14)5-16-12(11)15/h3,5,9-10H,4,6H2,1-2H3,(H2,15,16)/t9-,10+/m0/s1. The van der Waals surface area contributed by atoms with E-state index in [1.54, 1.807) is 6.92 Å². The lowest BCUT2D eigenvalue weighted by Gasteiger charge is -2.21. The zero-order valence-corrected chi connectivity index (χ0v) is 14.6. The first kappa shape index (κ1) is 17.1. The second-order valence-corrected chi connectivity index (χ2v) is 7.70. The maximum Gasteiger partial charge on any atom is 0.247 e. The Bertz CT molecular complexity index is 856. The van der Waals surface area contributed by atoms with Crippen molar-refractivity contribution in [2.75, 3.05) is 19.4 Å². The smallest absolute Gasteiger partial charge is 0.247 e. The van der Waals surface area contributed by atoms with Gasteiger partial charge in [-0.1, -0.05) is 16.8 Å². The summed E-state index contributed by atoms with van der Waals surface area (Å²) in [7, 11) is -2.45. The van der Waals surface area contributed by atoms with Gasteiger partial charge >= 0.3 is 0 Å². The van der Waals surface area contributed by atoms with Crippen molar-refractivity contribution >= 4 is 27.4 Å². The van der Waals surface area contributed by atoms with Crippen LogP contribution in [-0.2, 0) is 14.8 Å². The second kappa shape index (κ2) is 6.28. The molecular weight excluding hydrogens is 358 g/mol. The highest BCUT2D eigenvalue weighted by Gasteiger charge is 2.44. The molecule has 1 aliphatic rings. The van der Waals surface area contributed by atoms with Crippen molar-refractivity contribution in [3.05, 3.63) is 29.0 Å². The number of nitrogens with two attached hydrogens (primary N) is 1. The number of anilines is 1. The summed E-state index contributed by atoms with van der Waals surface area (Å²) in [5, 5.41) is 3.90. The summed E-state index contributed by atoms with van der Waals surface area (Å²) in [6.07, 6.45) is 1.38. The van der Waals surface area contributed by atoms with Crippen LogP contribution in [0.1, 0.15) is 24.2 Å². The first-order chi connectivity index (χ1) is 11.3. The highest BCUT2D eigenvalue weighted by atomic mass is 35.5. The lowest BCUT2D eigenvalue weighted by molar-refractivity contribution is 0.114. The Kier molecular flexibility index (Phi) is 4.47. The van der Waals surface area contributed by atoms with E-state index >= 15 is 0 Å². The molecule has 9 nitrogen and oxygen atoms in total. The number of nitrogens with zero attached hydrogens (tertiary/aromatic N) is 4. The molecule has 0 saturated carbocycles. The molecule has 130 valence electrons. The van der Waals surface area contributed by atoms with Gasteiger partial charge in [-0.2, -0.15) is 9.29 Å². The van der Waals surface area contributed by atoms with Crippen molar-refractivity contribution in [2.24, 2.45) is 0 Å². The van der Waals surface area contributed by atoms with Crippen LogP contribution in [-0.4, -0.2) is 47.6 Å². The van der Waals surface area contributed by atoms with Crippen LogP contribution < -0.4 is 5.73 Å². The average molecular weight is 374 g/mol. The van der Waals surface area contributed by atoms with Gasteiger partial charge in [-0.05, 0) is 13.0 Å². The van der Waals surface area contributed by atoms with E-state index in [-0.39, 0.29) is 34.3 Å². The average Bonchev–Trinajstić information content (AvgIpc) is 3.15. The molecule has 0 amide bonds. The molecule has 1 aliphatic heterocycles. The van der Waals surface area contributed by atoms with E-state index in [2.05, 4.69) is 15.1 Å². The fraction of sp³-hybridized carbons (Fsp3) is 0.462. The summed E-state index contributed by atoms with van der Waals surface area (Å²) in [6.45, 7) is 1.80. The number of aromatic nitrogens is 3. The third kappa shape index (κ3) is 2.97. The fourth-order valence-corrected chi connectivity index (χ4v) is 4.58. The largest absolute Gasteiger partial charge is 0.383 e. The molecule has 0 unspecified atom stereocenters. The number of pyridine rings is 1. The molecule has 1 fully saturated rings. The quantitative estimate of drug-likeness (QED) is 0.846. The second-order valence-electron chi connectivity index (χ2n) is 5.40. The predicted octanol–water partition coefficient (Wildman–Crippen LogP) is 1.16. The summed E-state index contributed by atoms with van der Waals surface area (Å²) >= 11 is 5.88. The highest BCUT2D eigenvalue weighted by molar-refractivity contribution is 7.89. The molecule has 0 radical (unpaired) electrons. The number of aryl methyl sites for hydroxylation is 1. The Balaban J connectivity index is 2.05. The monoisotopic (exact) mass is 373 g/mol. The number of nitrogen functional groups attached to an aromatic ring is 1. The SMILES string of the molecule is CO[C@H]1C[C@H](c2nc(C)no2)N(S(=O)(=O)c2cc(Cl)cnc2N)C1. The summed E-state index contributed by atoms with van der Waals surface area (Å²) in [6, 6.07) is 0.634. The van der Waals surface area contributed by atoms with Crippen LogP contribution in [0.3, 0.4) is 0 Å². The Labute approximate surface area is 143 Å². The van der Waals surface area contributed by atoms with Gasteiger partial charge in [0.15, 0.2) is 5.82 Å². The molecule has 3 rings (SSSR count). The molecule has 0 bridgehead atoms. The summed E-state index contributed by atoms with van der Waals surface area (Å²) < 4.78 is 37.8. The van der Waals surface area contributed by atoms with Gasteiger partial charge in [0.2, 0.25) is 15.9 Å². The number of hydrogen-bond acceptors (Lipinski definition) is 8. The summed E-state index contributed by atoms with van der Waals surface area (Å²) in [5.74, 6) is 0.511. The zero-order valence-electron chi connectivity index (χ0n) is 13.0. The van der Waals surface area contributed by atoms with Crippen LogP contribution in [0.5, 0.6) is 0 Å².